The van der Waals surface area contributed by atoms with Crippen LogP contribution in [0.2, 0.25) is 0 Å². The smallest absolute Gasteiger partial charge is 0.317 e. The second kappa shape index (κ2) is 6.56. The Labute approximate surface area is 119 Å². The standard InChI is InChI=1S/C12H17N3O4S/c16-10(17)2-1-8-3-4-15(6-8)11(18)13-5-9-7-20-12(19)14-9/h7-8H,1-6H2,(H,13,18)(H,14,19)(H,16,17). The molecular formula is C12H17N3O4S. The number of thiazole rings is 1. The molecule has 0 aromatic carbocycles. The number of amides is 2. The second-order valence-electron chi connectivity index (χ2n) is 4.87. The Morgan fingerprint density at radius 2 is 2.35 bits per heavy atom. The average Bonchev–Trinajstić information content (AvgIpc) is 3.02. The highest BCUT2D eigenvalue weighted by atomic mass is 32.1. The number of urea groups is 1. The van der Waals surface area contributed by atoms with Gasteiger partial charge in [-0.25, -0.2) is 4.79 Å². The van der Waals surface area contributed by atoms with Gasteiger partial charge in [-0.3, -0.25) is 9.59 Å². The molecule has 7 nitrogen and oxygen atoms in total. The first-order chi connectivity index (χ1) is 9.54. The first-order valence-corrected chi connectivity index (χ1v) is 7.34. The summed E-state index contributed by atoms with van der Waals surface area (Å²) in [4.78, 5) is 37.6. The van der Waals surface area contributed by atoms with Gasteiger partial charge in [-0.2, -0.15) is 0 Å². The van der Waals surface area contributed by atoms with E-state index < -0.39 is 5.97 Å². The Kier molecular flexibility index (Phi) is 4.78. The minimum Gasteiger partial charge on any atom is -0.481 e. The van der Waals surface area contributed by atoms with Crippen LogP contribution in [0.4, 0.5) is 4.79 Å². The molecular weight excluding hydrogens is 282 g/mol. The molecule has 0 aliphatic carbocycles. The number of nitrogens with one attached hydrogen (secondary N) is 2. The molecule has 0 radical (unpaired) electrons. The number of carboxylic acid groups (broad SMARTS) is 1. The van der Waals surface area contributed by atoms with Crippen LogP contribution >= 0.6 is 11.3 Å². The normalized spacial score (nSPS) is 18.2. The molecule has 110 valence electrons. The number of rotatable bonds is 5. The third-order valence-corrected chi connectivity index (χ3v) is 4.06. The minimum absolute atomic E-state index is 0.135. The lowest BCUT2D eigenvalue weighted by Gasteiger charge is -2.17. The van der Waals surface area contributed by atoms with E-state index in [0.717, 1.165) is 17.8 Å². The molecule has 1 aromatic heterocycles. The van der Waals surface area contributed by atoms with Gasteiger partial charge in [0.1, 0.15) is 0 Å². The summed E-state index contributed by atoms with van der Waals surface area (Å²) in [5.41, 5.74) is 0.690. The summed E-state index contributed by atoms with van der Waals surface area (Å²) in [5.74, 6) is -0.535. The average molecular weight is 299 g/mol. The maximum atomic E-state index is 11.9. The van der Waals surface area contributed by atoms with Gasteiger partial charge in [0.2, 0.25) is 0 Å². The zero-order valence-corrected chi connectivity index (χ0v) is 11.7. The number of aliphatic carboxylic acids is 1. The number of aromatic nitrogens is 1. The summed E-state index contributed by atoms with van der Waals surface area (Å²) < 4.78 is 0. The number of H-pyrrole nitrogens is 1. The van der Waals surface area contributed by atoms with E-state index >= 15 is 0 Å². The molecule has 20 heavy (non-hydrogen) atoms. The zero-order chi connectivity index (χ0) is 14.5. The van der Waals surface area contributed by atoms with Crippen LogP contribution in [0.5, 0.6) is 0 Å². The van der Waals surface area contributed by atoms with Crippen LogP contribution in [-0.4, -0.2) is 40.1 Å². The third kappa shape index (κ3) is 4.09. The molecule has 1 unspecified atom stereocenters. The van der Waals surface area contributed by atoms with Crippen LogP contribution in [0.3, 0.4) is 0 Å². The number of nitrogens with zero attached hydrogens (tertiary/aromatic N) is 1. The van der Waals surface area contributed by atoms with Gasteiger partial charge < -0.3 is 20.3 Å². The maximum absolute atomic E-state index is 11.9. The predicted molar refractivity (Wildman–Crippen MR) is 73.7 cm³/mol. The molecule has 1 fully saturated rings. The fourth-order valence-corrected chi connectivity index (χ4v) is 2.85. The number of carbonyl (C=O) groups is 2. The Morgan fingerprint density at radius 1 is 1.55 bits per heavy atom. The van der Waals surface area contributed by atoms with Crippen LogP contribution in [0.15, 0.2) is 10.2 Å². The Morgan fingerprint density at radius 3 is 3.00 bits per heavy atom. The second-order valence-corrected chi connectivity index (χ2v) is 5.71. The lowest BCUT2D eigenvalue weighted by Crippen LogP contribution is -2.38. The Bertz CT molecular complexity index is 539. The molecule has 2 amide bonds. The largest absolute Gasteiger partial charge is 0.481 e. The molecule has 0 saturated carbocycles. The van der Waals surface area contributed by atoms with Crippen molar-refractivity contribution < 1.29 is 14.7 Å². The molecule has 1 saturated heterocycles. The topological polar surface area (TPSA) is 102 Å². The zero-order valence-electron chi connectivity index (χ0n) is 10.9. The highest BCUT2D eigenvalue weighted by Crippen LogP contribution is 2.20. The van der Waals surface area contributed by atoms with Crippen LogP contribution in [0.1, 0.15) is 25.0 Å². The first-order valence-electron chi connectivity index (χ1n) is 6.46. The quantitative estimate of drug-likeness (QED) is 0.749. The predicted octanol–water partition coefficient (Wildman–Crippen LogP) is 0.833. The molecule has 2 heterocycles. The van der Waals surface area contributed by atoms with E-state index in [-0.39, 0.29) is 23.2 Å². The van der Waals surface area contributed by atoms with Crippen molar-refractivity contribution in [3.05, 3.63) is 20.7 Å². The van der Waals surface area contributed by atoms with E-state index in [0.29, 0.717) is 31.7 Å². The van der Waals surface area contributed by atoms with Crippen molar-refractivity contribution in [2.45, 2.75) is 25.8 Å². The van der Waals surface area contributed by atoms with Gasteiger partial charge in [0.05, 0.1) is 6.54 Å². The van der Waals surface area contributed by atoms with Crippen molar-refractivity contribution in [1.82, 2.24) is 15.2 Å². The number of hydrogen-bond acceptors (Lipinski definition) is 4. The third-order valence-electron chi connectivity index (χ3n) is 3.34. The van der Waals surface area contributed by atoms with Crippen LogP contribution in [0.25, 0.3) is 0 Å². The summed E-state index contributed by atoms with van der Waals surface area (Å²) in [5, 5.41) is 13.1. The number of hydrogen-bond donors (Lipinski definition) is 3. The summed E-state index contributed by atoms with van der Waals surface area (Å²) in [6.45, 7) is 1.55. The lowest BCUT2D eigenvalue weighted by molar-refractivity contribution is -0.137. The molecule has 8 heteroatoms. The Balaban J connectivity index is 1.73. The van der Waals surface area contributed by atoms with Crippen LogP contribution in [-0.2, 0) is 11.3 Å². The Hall–Kier alpha value is -1.83. The van der Waals surface area contributed by atoms with Crippen molar-refractivity contribution in [1.29, 1.82) is 0 Å². The number of carboxylic acids is 1. The molecule has 1 aromatic rings. The van der Waals surface area contributed by atoms with Crippen molar-refractivity contribution >= 4 is 23.3 Å². The van der Waals surface area contributed by atoms with E-state index in [1.165, 1.54) is 0 Å². The van der Waals surface area contributed by atoms with Gasteiger partial charge in [-0.05, 0) is 18.8 Å². The van der Waals surface area contributed by atoms with E-state index in [1.807, 2.05) is 0 Å². The van der Waals surface area contributed by atoms with Gasteiger partial charge in [-0.15, -0.1) is 0 Å². The van der Waals surface area contributed by atoms with Crippen molar-refractivity contribution in [2.24, 2.45) is 5.92 Å². The molecule has 2 rings (SSSR count). The number of aromatic amines is 1. The minimum atomic E-state index is -0.797. The SMILES string of the molecule is O=C(O)CCC1CCN(C(=O)NCc2csc(=O)[nH]2)C1. The number of likely N-dealkylation sites (tertiary alicyclic amines) is 1. The van der Waals surface area contributed by atoms with Gasteiger partial charge in [0.15, 0.2) is 0 Å². The summed E-state index contributed by atoms with van der Waals surface area (Å²) >= 11 is 1.07. The van der Waals surface area contributed by atoms with Gasteiger partial charge in [0.25, 0.3) is 0 Å². The number of carbonyl (C=O) groups excluding carboxylic acids is 1. The van der Waals surface area contributed by atoms with Crippen molar-refractivity contribution in [2.75, 3.05) is 13.1 Å². The monoisotopic (exact) mass is 299 g/mol. The summed E-state index contributed by atoms with van der Waals surface area (Å²) in [6.07, 6.45) is 1.60. The molecule has 1 aliphatic rings. The fraction of sp³-hybridized carbons (Fsp3) is 0.583. The van der Waals surface area contributed by atoms with Gasteiger partial charge >= 0.3 is 16.9 Å². The van der Waals surface area contributed by atoms with Crippen molar-refractivity contribution in [3.8, 4) is 0 Å². The van der Waals surface area contributed by atoms with Crippen molar-refractivity contribution in [3.63, 3.8) is 0 Å². The van der Waals surface area contributed by atoms with E-state index in [1.54, 1.807) is 10.3 Å². The summed E-state index contributed by atoms with van der Waals surface area (Å²) in [7, 11) is 0. The highest BCUT2D eigenvalue weighted by Gasteiger charge is 2.26. The summed E-state index contributed by atoms with van der Waals surface area (Å²) in [6, 6.07) is -0.171. The van der Waals surface area contributed by atoms with E-state index in [2.05, 4.69) is 10.3 Å². The fourth-order valence-electron chi connectivity index (χ4n) is 2.26. The molecule has 0 bridgehead atoms. The van der Waals surface area contributed by atoms with Gasteiger partial charge in [-0.1, -0.05) is 11.3 Å². The molecule has 1 aliphatic heterocycles. The molecule has 1 atom stereocenters. The maximum Gasteiger partial charge on any atom is 0.317 e. The molecule has 3 N–H and O–H groups in total. The molecule has 0 spiro atoms. The van der Waals surface area contributed by atoms with Crippen LogP contribution in [0, 0.1) is 5.92 Å². The lowest BCUT2D eigenvalue weighted by atomic mass is 10.0. The first kappa shape index (κ1) is 14.6. The highest BCUT2D eigenvalue weighted by molar-refractivity contribution is 7.07. The van der Waals surface area contributed by atoms with Crippen LogP contribution < -0.4 is 10.2 Å². The van der Waals surface area contributed by atoms with E-state index in [4.69, 9.17) is 5.11 Å². The van der Waals surface area contributed by atoms with Gasteiger partial charge in [0, 0.05) is 30.6 Å². The van der Waals surface area contributed by atoms with E-state index in [9.17, 15) is 14.4 Å².